The summed E-state index contributed by atoms with van der Waals surface area (Å²) in [6.45, 7) is 2.68. The van der Waals surface area contributed by atoms with Gasteiger partial charge in [-0.3, -0.25) is 0 Å². The molecule has 1 aromatic rings. The summed E-state index contributed by atoms with van der Waals surface area (Å²) < 4.78 is 5.68. The lowest BCUT2D eigenvalue weighted by atomic mass is 9.93. The number of nitrogens with one attached hydrogen (secondary N) is 1. The standard InChI is InChI=1S/C10H14N2O3/c1-10(4-2-3-5-15-10)7-6-11-8(12-7)9(13)14/h6H,2-5H2,1H3,(H,11,12)(H,13,14). The molecule has 15 heavy (non-hydrogen) atoms. The van der Waals surface area contributed by atoms with Gasteiger partial charge in [0.1, 0.15) is 5.60 Å². The van der Waals surface area contributed by atoms with Crippen LogP contribution in [0.5, 0.6) is 0 Å². The van der Waals surface area contributed by atoms with Crippen LogP contribution in [-0.2, 0) is 10.3 Å². The van der Waals surface area contributed by atoms with Crippen molar-refractivity contribution >= 4 is 5.97 Å². The number of carboxylic acids is 1. The van der Waals surface area contributed by atoms with E-state index >= 15 is 0 Å². The van der Waals surface area contributed by atoms with E-state index in [0.29, 0.717) is 0 Å². The maximum absolute atomic E-state index is 10.7. The van der Waals surface area contributed by atoms with Crippen molar-refractivity contribution < 1.29 is 14.6 Å². The quantitative estimate of drug-likeness (QED) is 0.776. The second-order valence-electron chi connectivity index (χ2n) is 3.99. The van der Waals surface area contributed by atoms with Gasteiger partial charge in [-0.05, 0) is 26.2 Å². The molecule has 1 aliphatic heterocycles. The predicted molar refractivity (Wildman–Crippen MR) is 52.7 cm³/mol. The molecule has 82 valence electrons. The lowest BCUT2D eigenvalue weighted by molar-refractivity contribution is -0.0727. The molecular weight excluding hydrogens is 196 g/mol. The molecule has 1 atom stereocenters. The van der Waals surface area contributed by atoms with Crippen molar-refractivity contribution in [2.75, 3.05) is 6.61 Å². The van der Waals surface area contributed by atoms with Crippen molar-refractivity contribution in [3.05, 3.63) is 17.7 Å². The van der Waals surface area contributed by atoms with Crippen molar-refractivity contribution in [1.29, 1.82) is 0 Å². The highest BCUT2D eigenvalue weighted by molar-refractivity contribution is 5.83. The number of rotatable bonds is 2. The average Bonchev–Trinajstić information content (AvgIpc) is 2.68. The third-order valence-electron chi connectivity index (χ3n) is 2.82. The van der Waals surface area contributed by atoms with Gasteiger partial charge in [0.05, 0.1) is 11.9 Å². The summed E-state index contributed by atoms with van der Waals surface area (Å²) in [6.07, 6.45) is 4.61. The van der Waals surface area contributed by atoms with Gasteiger partial charge < -0.3 is 14.8 Å². The normalized spacial score (nSPS) is 26.5. The first-order valence-corrected chi connectivity index (χ1v) is 5.04. The zero-order valence-corrected chi connectivity index (χ0v) is 8.62. The van der Waals surface area contributed by atoms with Gasteiger partial charge in [-0.2, -0.15) is 0 Å². The number of H-pyrrole nitrogens is 1. The van der Waals surface area contributed by atoms with E-state index in [-0.39, 0.29) is 5.82 Å². The van der Waals surface area contributed by atoms with Crippen molar-refractivity contribution in [1.82, 2.24) is 9.97 Å². The van der Waals surface area contributed by atoms with E-state index in [2.05, 4.69) is 9.97 Å². The molecule has 0 aliphatic carbocycles. The van der Waals surface area contributed by atoms with Crippen LogP contribution in [0.4, 0.5) is 0 Å². The van der Waals surface area contributed by atoms with Gasteiger partial charge in [-0.25, -0.2) is 9.78 Å². The van der Waals surface area contributed by atoms with Crippen LogP contribution in [0.3, 0.4) is 0 Å². The Kier molecular flexibility index (Phi) is 2.48. The van der Waals surface area contributed by atoms with E-state index in [9.17, 15) is 4.79 Å². The number of hydrogen-bond acceptors (Lipinski definition) is 3. The molecule has 0 radical (unpaired) electrons. The summed E-state index contributed by atoms with van der Waals surface area (Å²) in [7, 11) is 0. The number of aromatic carboxylic acids is 1. The molecule has 5 nitrogen and oxygen atoms in total. The molecule has 1 aromatic heterocycles. The third-order valence-corrected chi connectivity index (χ3v) is 2.82. The lowest BCUT2D eigenvalue weighted by Crippen LogP contribution is -2.30. The topological polar surface area (TPSA) is 75.2 Å². The first-order chi connectivity index (χ1) is 7.12. The molecule has 0 spiro atoms. The van der Waals surface area contributed by atoms with Crippen LogP contribution in [0.25, 0.3) is 0 Å². The Balaban J connectivity index is 2.23. The average molecular weight is 210 g/mol. The van der Waals surface area contributed by atoms with E-state index in [1.165, 1.54) is 0 Å². The smallest absolute Gasteiger partial charge is 0.371 e. The first-order valence-electron chi connectivity index (χ1n) is 5.04. The molecule has 0 bridgehead atoms. The number of carboxylic acid groups (broad SMARTS) is 1. The highest BCUT2D eigenvalue weighted by Gasteiger charge is 2.32. The SMILES string of the molecule is CC1(c2cnc(C(=O)O)[nH]2)CCCCO1. The molecule has 0 saturated carbocycles. The molecular formula is C10H14N2O3. The number of hydrogen-bond donors (Lipinski definition) is 2. The molecule has 2 N–H and O–H groups in total. The van der Waals surface area contributed by atoms with Gasteiger partial charge in [0.2, 0.25) is 5.82 Å². The number of aromatic amines is 1. The number of imidazole rings is 1. The van der Waals surface area contributed by atoms with E-state index in [1.54, 1.807) is 6.20 Å². The summed E-state index contributed by atoms with van der Waals surface area (Å²) in [5.74, 6) is -1.07. The van der Waals surface area contributed by atoms with Crippen LogP contribution in [-0.4, -0.2) is 27.7 Å². The highest BCUT2D eigenvalue weighted by atomic mass is 16.5. The summed E-state index contributed by atoms with van der Waals surface area (Å²) in [4.78, 5) is 17.3. The molecule has 1 fully saturated rings. The van der Waals surface area contributed by atoms with Crippen molar-refractivity contribution in [3.8, 4) is 0 Å². The highest BCUT2D eigenvalue weighted by Crippen LogP contribution is 2.33. The lowest BCUT2D eigenvalue weighted by Gasteiger charge is -2.32. The van der Waals surface area contributed by atoms with Gasteiger partial charge in [-0.1, -0.05) is 0 Å². The molecule has 1 unspecified atom stereocenters. The summed E-state index contributed by atoms with van der Waals surface area (Å²) in [6, 6.07) is 0. The fourth-order valence-electron chi connectivity index (χ4n) is 1.85. The van der Waals surface area contributed by atoms with E-state index in [1.807, 2.05) is 6.92 Å². The van der Waals surface area contributed by atoms with Crippen LogP contribution >= 0.6 is 0 Å². The predicted octanol–water partition coefficient (Wildman–Crippen LogP) is 1.52. The Morgan fingerprint density at radius 2 is 2.47 bits per heavy atom. The Morgan fingerprint density at radius 1 is 1.67 bits per heavy atom. The Bertz CT molecular complexity index is 366. The zero-order valence-electron chi connectivity index (χ0n) is 8.62. The summed E-state index contributed by atoms with van der Waals surface area (Å²) in [5.41, 5.74) is 0.346. The van der Waals surface area contributed by atoms with Gasteiger partial charge >= 0.3 is 5.97 Å². The second-order valence-corrected chi connectivity index (χ2v) is 3.99. The van der Waals surface area contributed by atoms with Crippen LogP contribution in [0.2, 0.25) is 0 Å². The number of nitrogens with zero attached hydrogens (tertiary/aromatic N) is 1. The van der Waals surface area contributed by atoms with Crippen LogP contribution in [0.15, 0.2) is 6.20 Å². The molecule has 0 amide bonds. The van der Waals surface area contributed by atoms with Crippen LogP contribution in [0.1, 0.15) is 42.5 Å². The van der Waals surface area contributed by atoms with Gasteiger partial charge in [0, 0.05) is 6.61 Å². The third kappa shape index (κ3) is 1.87. The fourth-order valence-corrected chi connectivity index (χ4v) is 1.85. The minimum absolute atomic E-state index is 0.0274. The number of carbonyl (C=O) groups is 1. The first kappa shape index (κ1) is 10.2. The zero-order chi connectivity index (χ0) is 10.9. The molecule has 0 aromatic carbocycles. The fraction of sp³-hybridized carbons (Fsp3) is 0.600. The van der Waals surface area contributed by atoms with Crippen LogP contribution < -0.4 is 0 Å². The minimum atomic E-state index is -1.04. The molecule has 1 aliphatic rings. The Morgan fingerprint density at radius 3 is 3.00 bits per heavy atom. The molecule has 5 heteroatoms. The van der Waals surface area contributed by atoms with E-state index in [4.69, 9.17) is 9.84 Å². The maximum atomic E-state index is 10.7. The Labute approximate surface area is 87.5 Å². The molecule has 1 saturated heterocycles. The maximum Gasteiger partial charge on any atom is 0.371 e. The van der Waals surface area contributed by atoms with Crippen molar-refractivity contribution in [3.63, 3.8) is 0 Å². The number of ether oxygens (including phenoxy) is 1. The van der Waals surface area contributed by atoms with Crippen LogP contribution in [0, 0.1) is 0 Å². The molecule has 2 heterocycles. The van der Waals surface area contributed by atoms with Gasteiger partial charge in [-0.15, -0.1) is 0 Å². The van der Waals surface area contributed by atoms with Crippen molar-refractivity contribution in [2.45, 2.75) is 31.8 Å². The monoisotopic (exact) mass is 210 g/mol. The van der Waals surface area contributed by atoms with Gasteiger partial charge in [0.25, 0.3) is 0 Å². The second kappa shape index (κ2) is 3.66. The van der Waals surface area contributed by atoms with Gasteiger partial charge in [0.15, 0.2) is 0 Å². The largest absolute Gasteiger partial charge is 0.475 e. The van der Waals surface area contributed by atoms with E-state index in [0.717, 1.165) is 31.6 Å². The minimum Gasteiger partial charge on any atom is -0.475 e. The Hall–Kier alpha value is -1.36. The summed E-state index contributed by atoms with van der Waals surface area (Å²) in [5, 5.41) is 8.75. The number of aromatic nitrogens is 2. The van der Waals surface area contributed by atoms with E-state index < -0.39 is 11.6 Å². The van der Waals surface area contributed by atoms with Crippen molar-refractivity contribution in [2.24, 2.45) is 0 Å². The molecule has 2 rings (SSSR count). The summed E-state index contributed by atoms with van der Waals surface area (Å²) >= 11 is 0.